The number of para-hydroxylation sites is 1. The Hall–Kier alpha value is -4.46. The topological polar surface area (TPSA) is 111 Å². The number of carbonyl (C=O) groups excluding carboxylic acids is 2. The van der Waals surface area contributed by atoms with Crippen LogP contribution in [0.15, 0.2) is 78.5 Å². The van der Waals surface area contributed by atoms with Gasteiger partial charge in [-0.1, -0.05) is 29.8 Å². The minimum Gasteiger partial charge on any atom is -0.496 e. The molecule has 32 heavy (non-hydrogen) atoms. The Morgan fingerprint density at radius 3 is 2.25 bits per heavy atom. The third kappa shape index (κ3) is 5.57. The van der Waals surface area contributed by atoms with Crippen LogP contribution in [0.4, 0.5) is 11.4 Å². The molecule has 0 aliphatic heterocycles. The van der Waals surface area contributed by atoms with Gasteiger partial charge in [0.05, 0.1) is 17.6 Å². The van der Waals surface area contributed by atoms with E-state index < -0.39 is 16.7 Å². The summed E-state index contributed by atoms with van der Waals surface area (Å²) in [6.45, 7) is 1.93. The molecule has 0 heterocycles. The summed E-state index contributed by atoms with van der Waals surface area (Å²) >= 11 is 0. The summed E-state index contributed by atoms with van der Waals surface area (Å²) in [4.78, 5) is 36.2. The van der Waals surface area contributed by atoms with Crippen LogP contribution in [-0.2, 0) is 4.79 Å². The molecule has 3 aromatic carbocycles. The largest absolute Gasteiger partial charge is 0.496 e. The highest BCUT2D eigenvalue weighted by atomic mass is 16.6. The molecule has 0 fully saturated rings. The monoisotopic (exact) mass is 431 g/mol. The Morgan fingerprint density at radius 2 is 1.62 bits per heavy atom. The number of nitrogens with zero attached hydrogens (tertiary/aromatic N) is 1. The first-order valence-electron chi connectivity index (χ1n) is 9.66. The second-order valence-corrected chi connectivity index (χ2v) is 6.88. The maximum Gasteiger partial charge on any atom is 0.272 e. The lowest BCUT2D eigenvalue weighted by molar-refractivity contribution is -0.384. The van der Waals surface area contributed by atoms with Gasteiger partial charge >= 0.3 is 0 Å². The summed E-state index contributed by atoms with van der Waals surface area (Å²) in [5.74, 6) is -0.719. The van der Waals surface area contributed by atoms with Crippen molar-refractivity contribution in [2.24, 2.45) is 0 Å². The van der Waals surface area contributed by atoms with E-state index in [2.05, 4.69) is 10.6 Å². The van der Waals surface area contributed by atoms with Gasteiger partial charge in [-0.15, -0.1) is 0 Å². The van der Waals surface area contributed by atoms with E-state index in [1.54, 1.807) is 36.4 Å². The lowest BCUT2D eigenvalue weighted by Gasteiger charge is -2.13. The number of ether oxygens (including phenoxy) is 1. The number of hydrogen-bond acceptors (Lipinski definition) is 5. The Kier molecular flexibility index (Phi) is 6.97. The number of carbonyl (C=O) groups is 2. The van der Waals surface area contributed by atoms with Gasteiger partial charge < -0.3 is 15.4 Å². The number of amides is 2. The van der Waals surface area contributed by atoms with Crippen LogP contribution < -0.4 is 15.4 Å². The molecular weight excluding hydrogens is 410 g/mol. The molecule has 2 N–H and O–H groups in total. The summed E-state index contributed by atoms with van der Waals surface area (Å²) in [6.07, 6.45) is 1.45. The molecule has 0 unspecified atom stereocenters. The second kappa shape index (κ2) is 10.0. The number of methoxy groups -OCH3 is 1. The van der Waals surface area contributed by atoms with Gasteiger partial charge in [0.15, 0.2) is 0 Å². The van der Waals surface area contributed by atoms with Crippen LogP contribution in [0.1, 0.15) is 21.5 Å². The maximum absolute atomic E-state index is 13.0. The van der Waals surface area contributed by atoms with Crippen molar-refractivity contribution in [2.45, 2.75) is 6.92 Å². The fourth-order valence-corrected chi connectivity index (χ4v) is 2.87. The number of rotatable bonds is 7. The Bertz CT molecular complexity index is 1170. The van der Waals surface area contributed by atoms with Crippen LogP contribution in [-0.4, -0.2) is 23.8 Å². The minimum atomic E-state index is -0.546. The van der Waals surface area contributed by atoms with E-state index in [-0.39, 0.29) is 16.9 Å². The summed E-state index contributed by atoms with van der Waals surface area (Å²) < 4.78 is 5.22. The van der Waals surface area contributed by atoms with Gasteiger partial charge in [-0.05, 0) is 55.0 Å². The zero-order valence-electron chi connectivity index (χ0n) is 17.5. The Labute approximate surface area is 184 Å². The number of aryl methyl sites for hydroxylation is 1. The SMILES string of the molecule is COc1ccccc1C(=O)N/C(=C\c1ccc([N+](=O)[O-])cc1)C(=O)Nc1ccc(C)cc1. The highest BCUT2D eigenvalue weighted by Gasteiger charge is 2.18. The molecule has 0 radical (unpaired) electrons. The molecule has 0 atom stereocenters. The molecular formula is C24H21N3O5. The van der Waals surface area contributed by atoms with Gasteiger partial charge in [-0.25, -0.2) is 0 Å². The first kappa shape index (κ1) is 22.2. The van der Waals surface area contributed by atoms with Gasteiger partial charge in [0.25, 0.3) is 17.5 Å². The third-order valence-corrected chi connectivity index (χ3v) is 4.57. The van der Waals surface area contributed by atoms with E-state index in [0.717, 1.165) is 5.56 Å². The number of benzene rings is 3. The number of nitro benzene ring substituents is 1. The van der Waals surface area contributed by atoms with Gasteiger partial charge in [-0.3, -0.25) is 19.7 Å². The fraction of sp³-hybridized carbons (Fsp3) is 0.0833. The number of anilines is 1. The molecule has 0 saturated carbocycles. The zero-order chi connectivity index (χ0) is 23.1. The normalized spacial score (nSPS) is 10.9. The zero-order valence-corrected chi connectivity index (χ0v) is 17.5. The van der Waals surface area contributed by atoms with Gasteiger partial charge in [0.1, 0.15) is 11.4 Å². The molecule has 162 valence electrons. The van der Waals surface area contributed by atoms with Crippen molar-refractivity contribution in [1.29, 1.82) is 0 Å². The van der Waals surface area contributed by atoms with Crippen LogP contribution in [0, 0.1) is 17.0 Å². The summed E-state index contributed by atoms with van der Waals surface area (Å²) in [6, 6.07) is 19.5. The van der Waals surface area contributed by atoms with Gasteiger partial charge in [-0.2, -0.15) is 0 Å². The highest BCUT2D eigenvalue weighted by Crippen LogP contribution is 2.19. The van der Waals surface area contributed by atoms with Gasteiger partial charge in [0.2, 0.25) is 0 Å². The number of nitro groups is 1. The van der Waals surface area contributed by atoms with E-state index in [0.29, 0.717) is 17.0 Å². The smallest absolute Gasteiger partial charge is 0.272 e. The van der Waals surface area contributed by atoms with Crippen LogP contribution in [0.3, 0.4) is 0 Å². The van der Waals surface area contributed by atoms with E-state index in [1.807, 2.05) is 19.1 Å². The van der Waals surface area contributed by atoms with E-state index >= 15 is 0 Å². The molecule has 0 aliphatic carbocycles. The van der Waals surface area contributed by atoms with Gasteiger partial charge in [0, 0.05) is 17.8 Å². The van der Waals surface area contributed by atoms with Crippen molar-refractivity contribution in [3.05, 3.63) is 105 Å². The van der Waals surface area contributed by atoms with Crippen LogP contribution in [0.25, 0.3) is 6.08 Å². The standard InChI is InChI=1S/C24H21N3O5/c1-16-7-11-18(12-8-16)25-24(29)21(15-17-9-13-19(14-10-17)27(30)31)26-23(28)20-5-3-4-6-22(20)32-2/h3-15H,1-2H3,(H,25,29)(H,26,28)/b21-15-. The number of hydrogen-bond donors (Lipinski definition) is 2. The summed E-state index contributed by atoms with van der Waals surface area (Å²) in [7, 11) is 1.45. The molecule has 2 amide bonds. The van der Waals surface area contributed by atoms with E-state index in [4.69, 9.17) is 4.74 Å². The van der Waals surface area contributed by atoms with Crippen molar-refractivity contribution >= 4 is 29.3 Å². The summed E-state index contributed by atoms with van der Waals surface area (Å²) in [5.41, 5.74) is 2.25. The molecule has 3 aromatic rings. The van der Waals surface area contributed by atoms with Crippen LogP contribution in [0.2, 0.25) is 0 Å². The molecule has 0 spiro atoms. The van der Waals surface area contributed by atoms with Crippen molar-refractivity contribution in [1.82, 2.24) is 5.32 Å². The number of nitrogens with one attached hydrogen (secondary N) is 2. The lowest BCUT2D eigenvalue weighted by Crippen LogP contribution is -2.31. The molecule has 3 rings (SSSR count). The van der Waals surface area contributed by atoms with Crippen molar-refractivity contribution in [2.75, 3.05) is 12.4 Å². The predicted octanol–water partition coefficient (Wildman–Crippen LogP) is 4.32. The Morgan fingerprint density at radius 1 is 0.969 bits per heavy atom. The average Bonchev–Trinajstić information content (AvgIpc) is 2.80. The molecule has 0 bridgehead atoms. The third-order valence-electron chi connectivity index (χ3n) is 4.57. The first-order valence-corrected chi connectivity index (χ1v) is 9.66. The van der Waals surface area contributed by atoms with E-state index in [1.165, 1.54) is 37.5 Å². The molecule has 8 nitrogen and oxygen atoms in total. The molecule has 0 aliphatic rings. The van der Waals surface area contributed by atoms with Crippen molar-refractivity contribution in [3.8, 4) is 5.75 Å². The van der Waals surface area contributed by atoms with Crippen LogP contribution in [0.5, 0.6) is 5.75 Å². The fourth-order valence-electron chi connectivity index (χ4n) is 2.87. The Balaban J connectivity index is 1.92. The minimum absolute atomic E-state index is 0.0321. The van der Waals surface area contributed by atoms with E-state index in [9.17, 15) is 19.7 Å². The lowest BCUT2D eigenvalue weighted by atomic mass is 10.1. The second-order valence-electron chi connectivity index (χ2n) is 6.88. The predicted molar refractivity (Wildman–Crippen MR) is 121 cm³/mol. The highest BCUT2D eigenvalue weighted by molar-refractivity contribution is 6.11. The maximum atomic E-state index is 13.0. The molecule has 0 aromatic heterocycles. The van der Waals surface area contributed by atoms with Crippen molar-refractivity contribution in [3.63, 3.8) is 0 Å². The van der Waals surface area contributed by atoms with Crippen LogP contribution >= 0.6 is 0 Å². The molecule has 8 heteroatoms. The summed E-state index contributed by atoms with van der Waals surface area (Å²) in [5, 5.41) is 16.3. The first-order chi connectivity index (χ1) is 15.4. The average molecular weight is 431 g/mol. The number of non-ortho nitro benzene ring substituents is 1. The molecule has 0 saturated heterocycles. The van der Waals surface area contributed by atoms with Crippen molar-refractivity contribution < 1.29 is 19.2 Å². The quantitative estimate of drug-likeness (QED) is 0.329.